The number of benzene rings is 1. The molecule has 0 saturated carbocycles. The quantitative estimate of drug-likeness (QED) is 0.408. The van der Waals surface area contributed by atoms with Gasteiger partial charge in [-0.05, 0) is 37.4 Å². The third-order valence-corrected chi connectivity index (χ3v) is 5.65. The largest absolute Gasteiger partial charge is 0.479 e. The van der Waals surface area contributed by atoms with Crippen molar-refractivity contribution >= 4 is 23.5 Å². The Bertz CT molecular complexity index is 675. The maximum absolute atomic E-state index is 9.77. The third kappa shape index (κ3) is 7.19. The molecule has 10 heteroatoms. The third-order valence-electron chi connectivity index (χ3n) is 5.28. The monoisotopic (exact) mass is 444 g/mol. The van der Waals surface area contributed by atoms with Crippen LogP contribution in [0.2, 0.25) is 5.02 Å². The van der Waals surface area contributed by atoms with Gasteiger partial charge in [-0.1, -0.05) is 29.8 Å². The molecule has 3 atom stereocenters. The van der Waals surface area contributed by atoms with Crippen molar-refractivity contribution in [1.82, 2.24) is 10.2 Å². The lowest BCUT2D eigenvalue weighted by molar-refractivity contribution is -0.165. The summed E-state index contributed by atoms with van der Waals surface area (Å²) in [5, 5.41) is 36.9. The van der Waals surface area contributed by atoms with Gasteiger partial charge in [0.1, 0.15) is 0 Å². The zero-order chi connectivity index (χ0) is 22.1. The van der Waals surface area contributed by atoms with E-state index < -0.39 is 24.1 Å². The van der Waals surface area contributed by atoms with E-state index in [1.165, 1.54) is 12.0 Å². The number of nitrogens with one attached hydrogen (secondary N) is 1. The number of carboxylic acids is 2. The molecular weight excluding hydrogens is 416 g/mol. The van der Waals surface area contributed by atoms with Gasteiger partial charge in [0.15, 0.2) is 12.2 Å². The maximum atomic E-state index is 9.77. The molecule has 3 rings (SSSR count). The summed E-state index contributed by atoms with van der Waals surface area (Å²) in [5.41, 5.74) is 1.24. The highest BCUT2D eigenvalue weighted by Gasteiger charge is 2.30. The molecule has 9 nitrogen and oxygen atoms in total. The van der Waals surface area contributed by atoms with E-state index in [4.69, 9.17) is 36.8 Å². The molecule has 2 fully saturated rings. The lowest BCUT2D eigenvalue weighted by atomic mass is 10.0. The fourth-order valence-corrected chi connectivity index (χ4v) is 3.78. The molecule has 0 radical (unpaired) electrons. The molecule has 0 bridgehead atoms. The molecular formula is C20H29ClN2O7. The van der Waals surface area contributed by atoms with Crippen molar-refractivity contribution in [2.24, 2.45) is 0 Å². The minimum absolute atomic E-state index is 0.630. The molecule has 1 aromatic carbocycles. The first-order chi connectivity index (χ1) is 14.3. The fraction of sp³-hybridized carbons (Fsp3) is 0.600. The first-order valence-electron chi connectivity index (χ1n) is 9.90. The van der Waals surface area contributed by atoms with Crippen LogP contribution in [0.15, 0.2) is 24.3 Å². The average Bonchev–Trinajstić information content (AvgIpc) is 3.27. The number of aliphatic hydroxyl groups excluding tert-OH is 2. The van der Waals surface area contributed by atoms with E-state index in [0.29, 0.717) is 12.1 Å². The molecule has 1 aromatic rings. The molecule has 2 aliphatic heterocycles. The Hall–Kier alpha value is -1.75. The molecule has 5 N–H and O–H groups in total. The van der Waals surface area contributed by atoms with Crippen LogP contribution in [0.25, 0.3) is 0 Å². The van der Waals surface area contributed by atoms with Crippen LogP contribution < -0.4 is 5.32 Å². The van der Waals surface area contributed by atoms with Gasteiger partial charge in [-0.15, -0.1) is 0 Å². The highest BCUT2D eigenvalue weighted by Crippen LogP contribution is 2.25. The number of nitrogens with zero attached hydrogens (tertiary/aromatic N) is 1. The Kier molecular flexibility index (Phi) is 9.96. The Morgan fingerprint density at radius 1 is 1.07 bits per heavy atom. The summed E-state index contributed by atoms with van der Waals surface area (Å²) in [6.07, 6.45) is -1.01. The number of rotatable bonds is 7. The van der Waals surface area contributed by atoms with Crippen LogP contribution in [0, 0.1) is 0 Å². The van der Waals surface area contributed by atoms with E-state index >= 15 is 0 Å². The smallest absolute Gasteiger partial charge is 0.335 e. The molecule has 0 unspecified atom stereocenters. The standard InChI is InChI=1S/C16H23ClN2O.C4H6O6/c17-16-4-2-1-3-13(16)12-19(15-5-8-18-11-15)14-6-9-20-10-7-14;5-1(3(7)8)2(6)4(9)10/h1-4,14-15,18H,5-12H2;1-2,5-6H,(H,7,8)(H,9,10)/t15-;1-,2-/m01/s1. The van der Waals surface area contributed by atoms with E-state index in [1.54, 1.807) is 0 Å². The molecule has 0 spiro atoms. The Labute approximate surface area is 180 Å². The second-order valence-corrected chi connectivity index (χ2v) is 7.73. The first-order valence-corrected chi connectivity index (χ1v) is 10.3. The van der Waals surface area contributed by atoms with Gasteiger partial charge in [0, 0.05) is 43.4 Å². The fourth-order valence-electron chi connectivity index (χ4n) is 3.59. The average molecular weight is 445 g/mol. The lowest BCUT2D eigenvalue weighted by Crippen LogP contribution is -2.46. The number of carboxylic acid groups (broad SMARTS) is 2. The van der Waals surface area contributed by atoms with E-state index in [0.717, 1.165) is 50.7 Å². The van der Waals surface area contributed by atoms with Gasteiger partial charge >= 0.3 is 11.9 Å². The van der Waals surface area contributed by atoms with Crippen molar-refractivity contribution < 1.29 is 34.8 Å². The van der Waals surface area contributed by atoms with Gasteiger partial charge in [-0.2, -0.15) is 0 Å². The highest BCUT2D eigenvalue weighted by molar-refractivity contribution is 6.31. The zero-order valence-corrected chi connectivity index (χ0v) is 17.4. The van der Waals surface area contributed by atoms with Crippen molar-refractivity contribution in [2.45, 2.75) is 50.1 Å². The molecule has 168 valence electrons. The van der Waals surface area contributed by atoms with Crippen molar-refractivity contribution in [3.63, 3.8) is 0 Å². The molecule has 2 saturated heterocycles. The van der Waals surface area contributed by atoms with Crippen molar-refractivity contribution in [2.75, 3.05) is 26.3 Å². The van der Waals surface area contributed by atoms with Gasteiger partial charge in [0.05, 0.1) is 0 Å². The Morgan fingerprint density at radius 2 is 1.67 bits per heavy atom. The molecule has 2 heterocycles. The Balaban J connectivity index is 0.000000274. The second-order valence-electron chi connectivity index (χ2n) is 7.32. The minimum Gasteiger partial charge on any atom is -0.479 e. The van der Waals surface area contributed by atoms with Gasteiger partial charge in [-0.3, -0.25) is 4.90 Å². The number of carbonyl (C=O) groups is 2. The van der Waals surface area contributed by atoms with Crippen LogP contribution in [0.3, 0.4) is 0 Å². The van der Waals surface area contributed by atoms with Gasteiger partial charge in [0.25, 0.3) is 0 Å². The number of halogens is 1. The number of aliphatic carboxylic acids is 2. The highest BCUT2D eigenvalue weighted by atomic mass is 35.5. The van der Waals surface area contributed by atoms with Crippen LogP contribution >= 0.6 is 11.6 Å². The predicted octanol–water partition coefficient (Wildman–Crippen LogP) is 0.560. The molecule has 0 amide bonds. The first kappa shape index (κ1) is 24.5. The molecule has 0 aromatic heterocycles. The zero-order valence-electron chi connectivity index (χ0n) is 16.6. The number of hydrogen-bond acceptors (Lipinski definition) is 7. The van der Waals surface area contributed by atoms with Crippen LogP contribution in [-0.2, 0) is 20.9 Å². The number of hydrogen-bond donors (Lipinski definition) is 5. The summed E-state index contributed by atoms with van der Waals surface area (Å²) in [6, 6.07) is 9.49. The topological polar surface area (TPSA) is 140 Å². The van der Waals surface area contributed by atoms with E-state index in [1.807, 2.05) is 12.1 Å². The number of aliphatic hydroxyl groups is 2. The van der Waals surface area contributed by atoms with E-state index in [-0.39, 0.29) is 0 Å². The van der Waals surface area contributed by atoms with Crippen molar-refractivity contribution in [3.8, 4) is 0 Å². The van der Waals surface area contributed by atoms with Gasteiger partial charge in [-0.25, -0.2) is 9.59 Å². The lowest BCUT2D eigenvalue weighted by Gasteiger charge is -2.38. The summed E-state index contributed by atoms with van der Waals surface area (Å²) in [7, 11) is 0. The maximum Gasteiger partial charge on any atom is 0.335 e. The van der Waals surface area contributed by atoms with Gasteiger partial charge < -0.3 is 30.5 Å². The van der Waals surface area contributed by atoms with E-state index in [9.17, 15) is 9.59 Å². The summed E-state index contributed by atoms with van der Waals surface area (Å²) < 4.78 is 5.52. The molecule has 30 heavy (non-hydrogen) atoms. The number of ether oxygens (including phenoxy) is 1. The predicted molar refractivity (Wildman–Crippen MR) is 109 cm³/mol. The van der Waals surface area contributed by atoms with Crippen LogP contribution in [0.1, 0.15) is 24.8 Å². The van der Waals surface area contributed by atoms with E-state index in [2.05, 4.69) is 22.3 Å². The van der Waals surface area contributed by atoms with Crippen molar-refractivity contribution in [1.29, 1.82) is 0 Å². The van der Waals surface area contributed by atoms with Crippen molar-refractivity contribution in [3.05, 3.63) is 34.9 Å². The minimum atomic E-state index is -2.27. The Morgan fingerprint density at radius 3 is 2.17 bits per heavy atom. The van der Waals surface area contributed by atoms with Gasteiger partial charge in [0.2, 0.25) is 0 Å². The summed E-state index contributed by atoms with van der Waals surface area (Å²) >= 11 is 6.35. The second kappa shape index (κ2) is 12.2. The summed E-state index contributed by atoms with van der Waals surface area (Å²) in [6.45, 7) is 4.97. The van der Waals surface area contributed by atoms with Crippen LogP contribution in [-0.4, -0.2) is 87.9 Å². The summed E-state index contributed by atoms with van der Waals surface area (Å²) in [5.74, 6) is -3.54. The SMILES string of the molecule is Clc1ccccc1CN(C1CCOCC1)[C@H]1CCNC1.O=C(O)[C@H](O)[C@@H](O)C(=O)O. The molecule has 2 aliphatic rings. The molecule has 0 aliphatic carbocycles. The normalized spacial score (nSPS) is 21.5. The van der Waals surface area contributed by atoms with Crippen LogP contribution in [0.5, 0.6) is 0 Å². The van der Waals surface area contributed by atoms with Crippen LogP contribution in [0.4, 0.5) is 0 Å². The summed E-state index contributed by atoms with van der Waals surface area (Å²) in [4.78, 5) is 22.2.